The summed E-state index contributed by atoms with van der Waals surface area (Å²) in [6, 6.07) is 8.32. The van der Waals surface area contributed by atoms with Crippen molar-refractivity contribution in [1.82, 2.24) is 5.32 Å². The van der Waals surface area contributed by atoms with Crippen molar-refractivity contribution in [3.63, 3.8) is 0 Å². The minimum Gasteiger partial charge on any atom is -0.306 e. The van der Waals surface area contributed by atoms with E-state index in [0.29, 0.717) is 22.7 Å². The van der Waals surface area contributed by atoms with Gasteiger partial charge in [-0.25, -0.2) is 8.78 Å². The minimum absolute atomic E-state index is 0.293. The molecule has 2 rings (SSSR count). The van der Waals surface area contributed by atoms with E-state index < -0.39 is 17.7 Å². The maximum atomic E-state index is 14.3. The summed E-state index contributed by atoms with van der Waals surface area (Å²) in [7, 11) is 0. The van der Waals surface area contributed by atoms with Crippen LogP contribution in [0.1, 0.15) is 35.2 Å². The number of halogens is 3. The Morgan fingerprint density at radius 2 is 1.81 bits per heavy atom. The van der Waals surface area contributed by atoms with Crippen LogP contribution in [0.4, 0.5) is 8.78 Å². The molecule has 0 aliphatic carbocycles. The Morgan fingerprint density at radius 1 is 1.10 bits per heavy atom. The second-order valence-corrected chi connectivity index (χ2v) is 5.59. The molecule has 1 N–H and O–H groups in total. The average molecular weight is 310 g/mol. The Labute approximate surface area is 128 Å². The maximum Gasteiger partial charge on any atom is 0.164 e. The van der Waals surface area contributed by atoms with Gasteiger partial charge in [-0.1, -0.05) is 36.7 Å². The molecule has 0 saturated heterocycles. The van der Waals surface area contributed by atoms with Crippen molar-refractivity contribution in [1.29, 1.82) is 0 Å². The lowest BCUT2D eigenvalue weighted by Crippen LogP contribution is -2.23. The first-order valence-corrected chi connectivity index (χ1v) is 7.26. The predicted octanol–water partition coefficient (Wildman–Crippen LogP) is 4.93. The summed E-state index contributed by atoms with van der Waals surface area (Å²) in [5.74, 6) is -1.60. The molecule has 1 unspecified atom stereocenters. The molecule has 1 atom stereocenters. The van der Waals surface area contributed by atoms with Crippen LogP contribution in [0.2, 0.25) is 5.02 Å². The fraction of sp³-hybridized carbons (Fsp3) is 0.294. The molecule has 0 aromatic heterocycles. The average Bonchev–Trinajstić information content (AvgIpc) is 2.42. The topological polar surface area (TPSA) is 12.0 Å². The Balaban J connectivity index is 2.56. The van der Waals surface area contributed by atoms with Crippen molar-refractivity contribution in [2.75, 3.05) is 6.54 Å². The fourth-order valence-corrected chi connectivity index (χ4v) is 2.72. The lowest BCUT2D eigenvalue weighted by molar-refractivity contribution is 0.478. The van der Waals surface area contributed by atoms with E-state index in [1.807, 2.05) is 26.0 Å². The third-order valence-electron chi connectivity index (χ3n) is 3.42. The van der Waals surface area contributed by atoms with Gasteiger partial charge in [0.2, 0.25) is 0 Å². The number of hydrogen-bond acceptors (Lipinski definition) is 1. The van der Waals surface area contributed by atoms with Crippen LogP contribution in [0, 0.1) is 25.5 Å². The largest absolute Gasteiger partial charge is 0.306 e. The predicted molar refractivity (Wildman–Crippen MR) is 82.8 cm³/mol. The van der Waals surface area contributed by atoms with Crippen LogP contribution in [0.5, 0.6) is 0 Å². The first-order valence-electron chi connectivity index (χ1n) is 6.89. The molecule has 0 heterocycles. The van der Waals surface area contributed by atoms with Crippen molar-refractivity contribution in [2.45, 2.75) is 26.8 Å². The highest BCUT2D eigenvalue weighted by atomic mass is 35.5. The molecule has 0 saturated carbocycles. The molecule has 0 spiro atoms. The Hall–Kier alpha value is -1.45. The van der Waals surface area contributed by atoms with Gasteiger partial charge < -0.3 is 5.32 Å². The summed E-state index contributed by atoms with van der Waals surface area (Å²) < 4.78 is 28.1. The second kappa shape index (κ2) is 6.54. The maximum absolute atomic E-state index is 14.3. The molecule has 0 amide bonds. The number of benzene rings is 2. The van der Waals surface area contributed by atoms with Gasteiger partial charge in [0.05, 0.1) is 6.04 Å². The molecule has 112 valence electrons. The SMILES string of the molecule is CCNC(c1cc(C)cc(Cl)c1)c1ccc(C)c(F)c1F. The summed E-state index contributed by atoms with van der Waals surface area (Å²) in [6.45, 7) is 6.02. The van der Waals surface area contributed by atoms with Crippen LogP contribution in [-0.4, -0.2) is 6.54 Å². The summed E-state index contributed by atoms with van der Waals surface area (Å²) in [4.78, 5) is 0. The van der Waals surface area contributed by atoms with Gasteiger partial charge in [-0.2, -0.15) is 0 Å². The third kappa shape index (κ3) is 3.42. The molecule has 2 aromatic rings. The van der Waals surface area contributed by atoms with E-state index in [0.717, 1.165) is 11.1 Å². The van der Waals surface area contributed by atoms with E-state index >= 15 is 0 Å². The van der Waals surface area contributed by atoms with Gasteiger partial charge in [0.1, 0.15) is 0 Å². The zero-order chi connectivity index (χ0) is 15.6. The van der Waals surface area contributed by atoms with Crippen LogP contribution in [0.3, 0.4) is 0 Å². The van der Waals surface area contributed by atoms with Gasteiger partial charge in [0.15, 0.2) is 11.6 Å². The summed E-state index contributed by atoms with van der Waals surface area (Å²) in [5.41, 5.74) is 2.40. The van der Waals surface area contributed by atoms with E-state index in [1.165, 1.54) is 0 Å². The standard InChI is InChI=1S/C17H18ClF2N/c1-4-21-17(12-7-10(2)8-13(18)9-12)14-6-5-11(3)15(19)16(14)20/h5-9,17,21H,4H2,1-3H3. The molecule has 1 nitrogen and oxygen atoms in total. The second-order valence-electron chi connectivity index (χ2n) is 5.15. The van der Waals surface area contributed by atoms with Crippen LogP contribution >= 0.6 is 11.6 Å². The third-order valence-corrected chi connectivity index (χ3v) is 3.64. The molecular weight excluding hydrogens is 292 g/mol. The summed E-state index contributed by atoms with van der Waals surface area (Å²) in [6.07, 6.45) is 0. The van der Waals surface area contributed by atoms with Crippen molar-refractivity contribution in [3.8, 4) is 0 Å². The number of aryl methyl sites for hydroxylation is 2. The Morgan fingerprint density at radius 3 is 2.43 bits per heavy atom. The Kier molecular flexibility index (Phi) is 4.96. The van der Waals surface area contributed by atoms with Crippen LogP contribution < -0.4 is 5.32 Å². The molecule has 0 fully saturated rings. The summed E-state index contributed by atoms with van der Waals surface area (Å²) >= 11 is 6.08. The van der Waals surface area contributed by atoms with Gasteiger partial charge in [0, 0.05) is 10.6 Å². The zero-order valence-electron chi connectivity index (χ0n) is 12.3. The van der Waals surface area contributed by atoms with Crippen molar-refractivity contribution in [2.24, 2.45) is 0 Å². The van der Waals surface area contributed by atoms with Crippen molar-refractivity contribution < 1.29 is 8.78 Å². The zero-order valence-corrected chi connectivity index (χ0v) is 13.1. The van der Waals surface area contributed by atoms with Crippen LogP contribution in [0.15, 0.2) is 30.3 Å². The van der Waals surface area contributed by atoms with Crippen molar-refractivity contribution >= 4 is 11.6 Å². The van der Waals surface area contributed by atoms with Gasteiger partial charge in [0.25, 0.3) is 0 Å². The van der Waals surface area contributed by atoms with Gasteiger partial charge in [-0.3, -0.25) is 0 Å². The van der Waals surface area contributed by atoms with Crippen LogP contribution in [0.25, 0.3) is 0 Å². The molecule has 0 aliphatic heterocycles. The quantitative estimate of drug-likeness (QED) is 0.844. The molecule has 2 aromatic carbocycles. The van der Waals surface area contributed by atoms with E-state index in [-0.39, 0.29) is 0 Å². The minimum atomic E-state index is -0.807. The number of nitrogens with one attached hydrogen (secondary N) is 1. The van der Waals surface area contributed by atoms with E-state index in [1.54, 1.807) is 25.1 Å². The first-order chi connectivity index (χ1) is 9.93. The Bertz CT molecular complexity index is 635. The lowest BCUT2D eigenvalue weighted by Gasteiger charge is -2.21. The molecule has 21 heavy (non-hydrogen) atoms. The molecule has 0 radical (unpaired) electrons. The van der Waals surface area contributed by atoms with Gasteiger partial charge >= 0.3 is 0 Å². The van der Waals surface area contributed by atoms with E-state index in [9.17, 15) is 8.78 Å². The number of rotatable bonds is 4. The fourth-order valence-electron chi connectivity index (χ4n) is 2.43. The summed E-state index contributed by atoms with van der Waals surface area (Å²) in [5, 5.41) is 3.78. The molecular formula is C17H18ClF2N. The lowest BCUT2D eigenvalue weighted by atomic mass is 9.95. The molecule has 4 heteroatoms. The normalized spacial score (nSPS) is 12.5. The van der Waals surface area contributed by atoms with E-state index in [4.69, 9.17) is 11.6 Å². The van der Waals surface area contributed by atoms with Gasteiger partial charge in [-0.05, 0) is 49.2 Å². The highest BCUT2D eigenvalue weighted by Gasteiger charge is 2.21. The molecule has 0 bridgehead atoms. The first kappa shape index (κ1) is 15.9. The van der Waals surface area contributed by atoms with E-state index in [2.05, 4.69) is 5.32 Å². The highest BCUT2D eigenvalue weighted by Crippen LogP contribution is 2.29. The smallest absolute Gasteiger partial charge is 0.164 e. The van der Waals surface area contributed by atoms with Crippen LogP contribution in [-0.2, 0) is 0 Å². The number of hydrogen-bond donors (Lipinski definition) is 1. The molecule has 0 aliphatic rings. The monoisotopic (exact) mass is 309 g/mol. The highest BCUT2D eigenvalue weighted by molar-refractivity contribution is 6.30. The van der Waals surface area contributed by atoms with Gasteiger partial charge in [-0.15, -0.1) is 0 Å². The van der Waals surface area contributed by atoms with Crippen molar-refractivity contribution in [3.05, 3.63) is 69.2 Å².